The van der Waals surface area contributed by atoms with Gasteiger partial charge in [0.25, 0.3) is 0 Å². The summed E-state index contributed by atoms with van der Waals surface area (Å²) < 4.78 is 7.49. The number of morpholine rings is 1. The van der Waals surface area contributed by atoms with Crippen LogP contribution >= 0.6 is 0 Å². The molecule has 0 aliphatic carbocycles. The van der Waals surface area contributed by atoms with Gasteiger partial charge in [-0.3, -0.25) is 14.4 Å². The number of amides is 1. The summed E-state index contributed by atoms with van der Waals surface area (Å²) in [5, 5.41) is 4.26. The van der Waals surface area contributed by atoms with Gasteiger partial charge in [0.15, 0.2) is 0 Å². The van der Waals surface area contributed by atoms with Crippen LogP contribution in [0.2, 0.25) is 0 Å². The molecular formula is C16H26N4O2. The van der Waals surface area contributed by atoms with E-state index in [4.69, 9.17) is 4.74 Å². The minimum Gasteiger partial charge on any atom is -0.375 e. The van der Waals surface area contributed by atoms with Gasteiger partial charge in [-0.2, -0.15) is 5.10 Å². The molecule has 6 heteroatoms. The molecule has 0 saturated carbocycles. The maximum Gasteiger partial charge on any atom is 0.236 e. The summed E-state index contributed by atoms with van der Waals surface area (Å²) in [6.07, 6.45) is 7.41. The predicted molar refractivity (Wildman–Crippen MR) is 83.4 cm³/mol. The molecule has 0 aromatic carbocycles. The Morgan fingerprint density at radius 2 is 2.32 bits per heavy atom. The molecule has 0 radical (unpaired) electrons. The predicted octanol–water partition coefficient (Wildman–Crippen LogP) is 1.19. The van der Waals surface area contributed by atoms with Crippen molar-refractivity contribution in [3.8, 4) is 0 Å². The summed E-state index contributed by atoms with van der Waals surface area (Å²) >= 11 is 0. The highest BCUT2D eigenvalue weighted by molar-refractivity contribution is 5.78. The van der Waals surface area contributed by atoms with Gasteiger partial charge in [-0.05, 0) is 25.8 Å². The van der Waals surface area contributed by atoms with Crippen molar-refractivity contribution in [2.75, 3.05) is 32.8 Å². The molecule has 22 heavy (non-hydrogen) atoms. The van der Waals surface area contributed by atoms with Crippen molar-refractivity contribution in [1.29, 1.82) is 0 Å². The summed E-state index contributed by atoms with van der Waals surface area (Å²) in [4.78, 5) is 16.9. The highest BCUT2D eigenvalue weighted by Crippen LogP contribution is 2.31. The van der Waals surface area contributed by atoms with Crippen molar-refractivity contribution < 1.29 is 9.53 Å². The zero-order valence-corrected chi connectivity index (χ0v) is 13.6. The lowest BCUT2D eigenvalue weighted by Gasteiger charge is -2.34. The molecule has 2 atom stereocenters. The fourth-order valence-electron chi connectivity index (χ4n) is 3.47. The van der Waals surface area contributed by atoms with Gasteiger partial charge in [0.1, 0.15) is 0 Å². The van der Waals surface area contributed by atoms with Crippen molar-refractivity contribution >= 4 is 5.91 Å². The van der Waals surface area contributed by atoms with Gasteiger partial charge < -0.3 is 9.64 Å². The van der Waals surface area contributed by atoms with Crippen LogP contribution in [0, 0.1) is 0 Å². The number of carbonyl (C=O) groups excluding carboxylic acids is 1. The third kappa shape index (κ3) is 3.33. The number of nitrogens with zero attached hydrogens (tertiary/aromatic N) is 4. The molecule has 0 spiro atoms. The average Bonchev–Trinajstić information content (AvgIpc) is 3.16. The molecule has 0 bridgehead atoms. The minimum atomic E-state index is 0.199. The van der Waals surface area contributed by atoms with Crippen LogP contribution in [0.5, 0.6) is 0 Å². The molecule has 1 aromatic rings. The fraction of sp³-hybridized carbons (Fsp3) is 0.750. The maximum absolute atomic E-state index is 12.6. The molecule has 2 aliphatic rings. The highest BCUT2D eigenvalue weighted by atomic mass is 16.5. The van der Waals surface area contributed by atoms with Gasteiger partial charge in [-0.15, -0.1) is 0 Å². The van der Waals surface area contributed by atoms with E-state index in [9.17, 15) is 4.79 Å². The molecule has 2 fully saturated rings. The van der Waals surface area contributed by atoms with Gasteiger partial charge in [-0.25, -0.2) is 0 Å². The third-order valence-corrected chi connectivity index (χ3v) is 4.76. The van der Waals surface area contributed by atoms with Crippen LogP contribution in [-0.4, -0.2) is 64.4 Å². The van der Waals surface area contributed by atoms with Crippen LogP contribution in [0.1, 0.15) is 37.8 Å². The second-order valence-electron chi connectivity index (χ2n) is 6.32. The largest absolute Gasteiger partial charge is 0.375 e. The molecule has 122 valence electrons. The lowest BCUT2D eigenvalue weighted by Crippen LogP contribution is -2.48. The van der Waals surface area contributed by atoms with E-state index < -0.39 is 0 Å². The molecule has 0 N–H and O–H groups in total. The van der Waals surface area contributed by atoms with E-state index in [0.29, 0.717) is 19.2 Å². The minimum absolute atomic E-state index is 0.199. The van der Waals surface area contributed by atoms with E-state index in [-0.39, 0.29) is 12.0 Å². The van der Waals surface area contributed by atoms with Gasteiger partial charge in [0.2, 0.25) is 5.91 Å². The summed E-state index contributed by atoms with van der Waals surface area (Å²) in [6, 6.07) is 0.334. The Balaban J connectivity index is 1.60. The summed E-state index contributed by atoms with van der Waals surface area (Å²) in [7, 11) is 1.94. The van der Waals surface area contributed by atoms with E-state index in [2.05, 4.69) is 23.1 Å². The van der Waals surface area contributed by atoms with Crippen LogP contribution in [0.25, 0.3) is 0 Å². The van der Waals surface area contributed by atoms with Crippen LogP contribution in [0.4, 0.5) is 0 Å². The molecule has 0 unspecified atom stereocenters. The Hall–Kier alpha value is -1.40. The first-order chi connectivity index (χ1) is 10.7. The Labute approximate surface area is 132 Å². The van der Waals surface area contributed by atoms with Crippen molar-refractivity contribution in [1.82, 2.24) is 19.6 Å². The Bertz CT molecular complexity index is 516. The van der Waals surface area contributed by atoms with E-state index in [1.165, 1.54) is 5.56 Å². The van der Waals surface area contributed by atoms with Crippen molar-refractivity contribution in [3.63, 3.8) is 0 Å². The molecule has 1 amide bonds. The van der Waals surface area contributed by atoms with Gasteiger partial charge in [0, 0.05) is 37.9 Å². The number of likely N-dealkylation sites (tertiary alicyclic amines) is 1. The molecule has 6 nitrogen and oxygen atoms in total. The monoisotopic (exact) mass is 306 g/mol. The number of aromatic nitrogens is 2. The van der Waals surface area contributed by atoms with Crippen LogP contribution in [0.15, 0.2) is 12.4 Å². The van der Waals surface area contributed by atoms with Crippen molar-refractivity contribution in [2.24, 2.45) is 7.05 Å². The van der Waals surface area contributed by atoms with Crippen molar-refractivity contribution in [3.05, 3.63) is 18.0 Å². The normalized spacial score (nSPS) is 26.5. The quantitative estimate of drug-likeness (QED) is 0.838. The topological polar surface area (TPSA) is 50.6 Å². The van der Waals surface area contributed by atoms with Gasteiger partial charge in [0.05, 0.1) is 25.5 Å². The number of carbonyl (C=O) groups is 1. The zero-order chi connectivity index (χ0) is 15.5. The van der Waals surface area contributed by atoms with E-state index in [0.717, 1.165) is 38.9 Å². The summed E-state index contributed by atoms with van der Waals surface area (Å²) in [5.41, 5.74) is 1.22. The second-order valence-corrected chi connectivity index (χ2v) is 6.32. The zero-order valence-electron chi connectivity index (χ0n) is 13.6. The van der Waals surface area contributed by atoms with Gasteiger partial charge in [-0.1, -0.05) is 6.92 Å². The standard InChI is InChI=1S/C16H26N4O2/c1-3-14-11-20(7-8-22-14)16(21)12-19-6-4-5-15(19)13-9-17-18(2)10-13/h9-10,14-15H,3-8,11-12H2,1-2H3/t14-,15+/m0/s1. The van der Waals surface area contributed by atoms with Crippen LogP contribution in [0.3, 0.4) is 0 Å². The van der Waals surface area contributed by atoms with Crippen LogP contribution < -0.4 is 0 Å². The van der Waals surface area contributed by atoms with Crippen molar-refractivity contribution in [2.45, 2.75) is 38.3 Å². The Morgan fingerprint density at radius 1 is 1.45 bits per heavy atom. The SMILES string of the molecule is CC[C@H]1CN(C(=O)CN2CCC[C@@H]2c2cnn(C)c2)CCO1. The number of ether oxygens (including phenoxy) is 1. The average molecular weight is 306 g/mol. The lowest BCUT2D eigenvalue weighted by atomic mass is 10.1. The number of hydrogen-bond acceptors (Lipinski definition) is 4. The van der Waals surface area contributed by atoms with E-state index in [1.807, 2.05) is 22.8 Å². The van der Waals surface area contributed by atoms with E-state index >= 15 is 0 Å². The molecule has 2 aliphatic heterocycles. The first kappa shape index (κ1) is 15.5. The lowest BCUT2D eigenvalue weighted by molar-refractivity contribution is -0.140. The van der Waals surface area contributed by atoms with Crippen LogP contribution in [-0.2, 0) is 16.6 Å². The first-order valence-electron chi connectivity index (χ1n) is 8.29. The van der Waals surface area contributed by atoms with E-state index in [1.54, 1.807) is 0 Å². The Kier molecular flexibility index (Phi) is 4.78. The number of rotatable bonds is 4. The smallest absolute Gasteiger partial charge is 0.236 e. The molecular weight excluding hydrogens is 280 g/mol. The van der Waals surface area contributed by atoms with Gasteiger partial charge >= 0.3 is 0 Å². The molecule has 1 aromatic heterocycles. The number of hydrogen-bond donors (Lipinski definition) is 0. The molecule has 3 heterocycles. The summed E-state index contributed by atoms with van der Waals surface area (Å²) in [6.45, 7) is 5.73. The third-order valence-electron chi connectivity index (χ3n) is 4.76. The summed E-state index contributed by atoms with van der Waals surface area (Å²) in [5.74, 6) is 0.234. The second kappa shape index (κ2) is 6.79. The molecule has 2 saturated heterocycles. The number of aryl methyl sites for hydroxylation is 1. The first-order valence-corrected chi connectivity index (χ1v) is 8.29. The fourth-order valence-corrected chi connectivity index (χ4v) is 3.47. The highest BCUT2D eigenvalue weighted by Gasteiger charge is 2.31. The Morgan fingerprint density at radius 3 is 3.05 bits per heavy atom. The molecule has 3 rings (SSSR count). The maximum atomic E-state index is 12.6.